The lowest BCUT2D eigenvalue weighted by Crippen LogP contribution is -2.36. The standard InChI is InChI=1S/C19H22FNO3/c1-14(13-24-18-10-8-17(23-2)9-11-18)21-19(22)12-5-15-3-6-16(20)7-4-15/h3-4,6-11,14H,5,12-13H2,1-2H3,(H,21,22)/t14-/m0/s1. The number of hydrogen-bond donors (Lipinski definition) is 1. The predicted molar refractivity (Wildman–Crippen MR) is 90.8 cm³/mol. The Hall–Kier alpha value is -2.56. The van der Waals surface area contributed by atoms with Crippen molar-refractivity contribution in [3.8, 4) is 11.5 Å². The van der Waals surface area contributed by atoms with Crippen LogP contribution in [-0.4, -0.2) is 25.7 Å². The van der Waals surface area contributed by atoms with Crippen molar-refractivity contribution in [3.05, 3.63) is 59.9 Å². The van der Waals surface area contributed by atoms with Crippen LogP contribution in [0.4, 0.5) is 4.39 Å². The van der Waals surface area contributed by atoms with Gasteiger partial charge in [-0.3, -0.25) is 4.79 Å². The predicted octanol–water partition coefficient (Wildman–Crippen LogP) is 3.35. The summed E-state index contributed by atoms with van der Waals surface area (Å²) in [6.45, 7) is 2.27. The maximum atomic E-state index is 12.8. The Balaban J connectivity index is 1.69. The molecular formula is C19H22FNO3. The van der Waals surface area contributed by atoms with E-state index in [0.717, 1.165) is 17.1 Å². The first-order valence-electron chi connectivity index (χ1n) is 7.87. The van der Waals surface area contributed by atoms with E-state index in [4.69, 9.17) is 9.47 Å². The van der Waals surface area contributed by atoms with Crippen molar-refractivity contribution in [2.75, 3.05) is 13.7 Å². The molecule has 0 bridgehead atoms. The maximum Gasteiger partial charge on any atom is 0.220 e. The average Bonchev–Trinajstić information content (AvgIpc) is 2.60. The van der Waals surface area contributed by atoms with Crippen LogP contribution in [0.25, 0.3) is 0 Å². The second kappa shape index (κ2) is 8.91. The second-order valence-corrected chi connectivity index (χ2v) is 5.58. The van der Waals surface area contributed by atoms with Crippen LogP contribution in [0.2, 0.25) is 0 Å². The number of carbonyl (C=O) groups is 1. The number of halogens is 1. The van der Waals surface area contributed by atoms with Crippen LogP contribution in [0.3, 0.4) is 0 Å². The summed E-state index contributed by atoms with van der Waals surface area (Å²) in [6, 6.07) is 13.4. The molecule has 0 heterocycles. The van der Waals surface area contributed by atoms with Crippen molar-refractivity contribution in [2.45, 2.75) is 25.8 Å². The Morgan fingerprint density at radius 1 is 1.08 bits per heavy atom. The van der Waals surface area contributed by atoms with E-state index in [9.17, 15) is 9.18 Å². The third-order valence-electron chi connectivity index (χ3n) is 3.52. The van der Waals surface area contributed by atoms with Gasteiger partial charge >= 0.3 is 0 Å². The van der Waals surface area contributed by atoms with Gasteiger partial charge in [0.2, 0.25) is 5.91 Å². The van der Waals surface area contributed by atoms with E-state index in [2.05, 4.69) is 5.32 Å². The Morgan fingerprint density at radius 2 is 1.71 bits per heavy atom. The smallest absolute Gasteiger partial charge is 0.220 e. The number of benzene rings is 2. The van der Waals surface area contributed by atoms with Gasteiger partial charge in [0.25, 0.3) is 0 Å². The van der Waals surface area contributed by atoms with Crippen LogP contribution in [0.5, 0.6) is 11.5 Å². The average molecular weight is 331 g/mol. The van der Waals surface area contributed by atoms with E-state index in [0.29, 0.717) is 19.4 Å². The van der Waals surface area contributed by atoms with Gasteiger partial charge < -0.3 is 14.8 Å². The Kier molecular flexibility index (Phi) is 6.61. The molecule has 2 rings (SSSR count). The Labute approximate surface area is 141 Å². The highest BCUT2D eigenvalue weighted by Gasteiger charge is 2.08. The highest BCUT2D eigenvalue weighted by atomic mass is 19.1. The zero-order valence-electron chi connectivity index (χ0n) is 13.9. The van der Waals surface area contributed by atoms with Gasteiger partial charge in [0.1, 0.15) is 23.9 Å². The van der Waals surface area contributed by atoms with E-state index >= 15 is 0 Å². The van der Waals surface area contributed by atoms with Crippen LogP contribution in [0, 0.1) is 5.82 Å². The summed E-state index contributed by atoms with van der Waals surface area (Å²) < 4.78 is 23.5. The van der Waals surface area contributed by atoms with Gasteiger partial charge in [0.15, 0.2) is 0 Å². The summed E-state index contributed by atoms with van der Waals surface area (Å²) in [7, 11) is 1.61. The first kappa shape index (κ1) is 17.8. The third kappa shape index (κ3) is 5.91. The highest BCUT2D eigenvalue weighted by Crippen LogP contribution is 2.17. The van der Waals surface area contributed by atoms with E-state index in [-0.39, 0.29) is 17.8 Å². The van der Waals surface area contributed by atoms with Crippen LogP contribution in [0.15, 0.2) is 48.5 Å². The van der Waals surface area contributed by atoms with Gasteiger partial charge in [-0.2, -0.15) is 0 Å². The normalized spacial score (nSPS) is 11.6. The van der Waals surface area contributed by atoms with Crippen molar-refractivity contribution >= 4 is 5.91 Å². The number of methoxy groups -OCH3 is 1. The van der Waals surface area contributed by atoms with Crippen molar-refractivity contribution < 1.29 is 18.7 Å². The largest absolute Gasteiger partial charge is 0.497 e. The number of aryl methyl sites for hydroxylation is 1. The lowest BCUT2D eigenvalue weighted by atomic mass is 10.1. The maximum absolute atomic E-state index is 12.8. The quantitative estimate of drug-likeness (QED) is 0.807. The number of carbonyl (C=O) groups excluding carboxylic acids is 1. The first-order chi connectivity index (χ1) is 11.6. The molecule has 0 aliphatic rings. The number of nitrogens with one attached hydrogen (secondary N) is 1. The Bertz CT molecular complexity index is 641. The minimum atomic E-state index is -0.271. The van der Waals surface area contributed by atoms with E-state index in [1.807, 2.05) is 31.2 Å². The molecule has 0 saturated carbocycles. The van der Waals surface area contributed by atoms with Gasteiger partial charge in [-0.15, -0.1) is 0 Å². The number of ether oxygens (including phenoxy) is 2. The highest BCUT2D eigenvalue weighted by molar-refractivity contribution is 5.76. The molecule has 1 N–H and O–H groups in total. The molecule has 0 aliphatic carbocycles. The number of amides is 1. The molecule has 0 aliphatic heterocycles. The van der Waals surface area contributed by atoms with Crippen LogP contribution in [0.1, 0.15) is 18.9 Å². The molecule has 1 atom stereocenters. The summed E-state index contributed by atoms with van der Waals surface area (Å²) in [6.07, 6.45) is 0.941. The van der Waals surface area contributed by atoms with Gasteiger partial charge in [0.05, 0.1) is 13.2 Å². The van der Waals surface area contributed by atoms with Crippen LogP contribution < -0.4 is 14.8 Å². The van der Waals surface area contributed by atoms with Gasteiger partial charge in [-0.1, -0.05) is 12.1 Å². The molecular weight excluding hydrogens is 309 g/mol. The van der Waals surface area contributed by atoms with Gasteiger partial charge in [0, 0.05) is 6.42 Å². The molecule has 0 unspecified atom stereocenters. The van der Waals surface area contributed by atoms with Crippen LogP contribution >= 0.6 is 0 Å². The van der Waals surface area contributed by atoms with Crippen molar-refractivity contribution in [2.24, 2.45) is 0 Å². The Morgan fingerprint density at radius 3 is 2.33 bits per heavy atom. The summed E-state index contributed by atoms with van der Waals surface area (Å²) in [5.74, 6) is 1.17. The van der Waals surface area contributed by atoms with Gasteiger partial charge in [-0.05, 0) is 55.3 Å². The lowest BCUT2D eigenvalue weighted by Gasteiger charge is -2.15. The summed E-state index contributed by atoms with van der Waals surface area (Å²) >= 11 is 0. The second-order valence-electron chi connectivity index (χ2n) is 5.58. The zero-order valence-corrected chi connectivity index (χ0v) is 13.9. The molecule has 0 radical (unpaired) electrons. The molecule has 2 aromatic carbocycles. The molecule has 24 heavy (non-hydrogen) atoms. The van der Waals surface area contributed by atoms with E-state index in [1.54, 1.807) is 19.2 Å². The lowest BCUT2D eigenvalue weighted by molar-refractivity contribution is -0.121. The van der Waals surface area contributed by atoms with Crippen molar-refractivity contribution in [1.82, 2.24) is 5.32 Å². The van der Waals surface area contributed by atoms with E-state index in [1.165, 1.54) is 12.1 Å². The van der Waals surface area contributed by atoms with Crippen molar-refractivity contribution in [3.63, 3.8) is 0 Å². The molecule has 5 heteroatoms. The SMILES string of the molecule is COc1ccc(OC[C@H](C)NC(=O)CCc2ccc(F)cc2)cc1. The monoisotopic (exact) mass is 331 g/mol. The van der Waals surface area contributed by atoms with Gasteiger partial charge in [-0.25, -0.2) is 4.39 Å². The molecule has 2 aromatic rings. The summed E-state index contributed by atoms with van der Waals surface area (Å²) in [5, 5.41) is 2.89. The molecule has 0 saturated heterocycles. The fourth-order valence-electron chi connectivity index (χ4n) is 2.19. The molecule has 4 nitrogen and oxygen atoms in total. The molecule has 0 aromatic heterocycles. The number of hydrogen-bond acceptors (Lipinski definition) is 3. The molecule has 0 fully saturated rings. The van der Waals surface area contributed by atoms with E-state index < -0.39 is 0 Å². The summed E-state index contributed by atoms with van der Waals surface area (Å²) in [4.78, 5) is 11.9. The fourth-order valence-corrected chi connectivity index (χ4v) is 2.19. The first-order valence-corrected chi connectivity index (χ1v) is 7.87. The molecule has 0 spiro atoms. The third-order valence-corrected chi connectivity index (χ3v) is 3.52. The molecule has 128 valence electrons. The minimum Gasteiger partial charge on any atom is -0.497 e. The van der Waals surface area contributed by atoms with Crippen molar-refractivity contribution in [1.29, 1.82) is 0 Å². The topological polar surface area (TPSA) is 47.6 Å². The summed E-state index contributed by atoms with van der Waals surface area (Å²) in [5.41, 5.74) is 0.939. The fraction of sp³-hybridized carbons (Fsp3) is 0.316. The zero-order chi connectivity index (χ0) is 17.4. The molecule has 1 amide bonds. The van der Waals surface area contributed by atoms with Crippen LogP contribution in [-0.2, 0) is 11.2 Å². The number of rotatable bonds is 8. The minimum absolute atomic E-state index is 0.0508.